The maximum Gasteiger partial charge on any atom is 0.573 e. The molecule has 3 rings (SSSR count). The lowest BCUT2D eigenvalue weighted by Gasteiger charge is -2.10. The van der Waals surface area contributed by atoms with Crippen molar-refractivity contribution in [2.45, 2.75) is 18.8 Å². The number of methoxy groups -OCH3 is 1. The highest BCUT2D eigenvalue weighted by atomic mass is 19.4. The molecule has 0 spiro atoms. The van der Waals surface area contributed by atoms with Crippen molar-refractivity contribution in [2.75, 3.05) is 12.4 Å². The second kappa shape index (κ2) is 9.81. The minimum absolute atomic E-state index is 0.0765. The highest BCUT2D eigenvalue weighted by Crippen LogP contribution is 2.24. The van der Waals surface area contributed by atoms with E-state index in [2.05, 4.69) is 30.9 Å². The minimum atomic E-state index is -4.80. The Hall–Kier alpha value is -4.09. The van der Waals surface area contributed by atoms with E-state index in [1.807, 2.05) is 12.1 Å². The van der Waals surface area contributed by atoms with Gasteiger partial charge in [-0.15, -0.1) is 13.2 Å². The second-order valence-corrected chi connectivity index (χ2v) is 6.42. The molecule has 12 heteroatoms. The van der Waals surface area contributed by atoms with E-state index in [-0.39, 0.29) is 18.1 Å². The lowest BCUT2D eigenvalue weighted by Crippen LogP contribution is -2.35. The summed E-state index contributed by atoms with van der Waals surface area (Å²) in [4.78, 5) is 28.3. The van der Waals surface area contributed by atoms with Crippen LogP contribution in [0.1, 0.15) is 12.0 Å². The Morgan fingerprint density at radius 2 is 1.94 bits per heavy atom. The third-order valence-electron chi connectivity index (χ3n) is 4.09. The van der Waals surface area contributed by atoms with Gasteiger partial charge in [0.15, 0.2) is 0 Å². The molecule has 0 radical (unpaired) electrons. The summed E-state index contributed by atoms with van der Waals surface area (Å²) in [5, 5.41) is 8.94. The summed E-state index contributed by atoms with van der Waals surface area (Å²) >= 11 is 0. The molecule has 1 atom stereocenters. The molecule has 2 amide bonds. The van der Waals surface area contributed by atoms with Gasteiger partial charge in [-0.05, 0) is 36.4 Å². The largest absolute Gasteiger partial charge is 0.573 e. The van der Waals surface area contributed by atoms with Gasteiger partial charge >= 0.3 is 6.36 Å². The number of carbonyl (C=O) groups is 2. The molecule has 2 aromatic rings. The number of hydrazone groups is 1. The Kier molecular flexibility index (Phi) is 6.93. The average molecular weight is 449 g/mol. The third kappa shape index (κ3) is 6.45. The molecule has 3 N–H and O–H groups in total. The van der Waals surface area contributed by atoms with Crippen LogP contribution in [0.2, 0.25) is 0 Å². The third-order valence-corrected chi connectivity index (χ3v) is 4.09. The number of aliphatic imine (C=N–C) groups is 1. The number of benzene rings is 2. The van der Waals surface area contributed by atoms with Crippen LogP contribution in [-0.4, -0.2) is 43.5 Å². The molecule has 0 bridgehead atoms. The maximum absolute atomic E-state index is 12.2. The van der Waals surface area contributed by atoms with Crippen molar-refractivity contribution in [3.05, 3.63) is 54.1 Å². The standard InChI is InChI=1S/C20H18F3N5O4/c1-31-16-5-3-2-4-12(16)11-24-28-19-26-15(18(30)27-19)10-17(29)25-13-6-8-14(9-7-13)32-20(21,22)23/h2-9,11,15H,10H2,1H3,(H,25,29)(H2,26,27,28,30). The van der Waals surface area contributed by atoms with E-state index >= 15 is 0 Å². The second-order valence-electron chi connectivity index (χ2n) is 6.42. The number of alkyl halides is 3. The van der Waals surface area contributed by atoms with E-state index in [0.29, 0.717) is 11.3 Å². The quantitative estimate of drug-likeness (QED) is 0.444. The molecule has 1 aliphatic heterocycles. The lowest BCUT2D eigenvalue weighted by atomic mass is 10.2. The predicted octanol–water partition coefficient (Wildman–Crippen LogP) is 2.40. The van der Waals surface area contributed by atoms with Gasteiger partial charge in [-0.25, -0.2) is 10.4 Å². The van der Waals surface area contributed by atoms with Crippen molar-refractivity contribution in [3.8, 4) is 11.5 Å². The summed E-state index contributed by atoms with van der Waals surface area (Å²) < 4.78 is 45.5. The van der Waals surface area contributed by atoms with Crippen LogP contribution in [0.4, 0.5) is 18.9 Å². The normalized spacial score (nSPS) is 15.8. The van der Waals surface area contributed by atoms with Crippen LogP contribution >= 0.6 is 0 Å². The van der Waals surface area contributed by atoms with E-state index in [0.717, 1.165) is 12.1 Å². The molecule has 0 saturated heterocycles. The molecular weight excluding hydrogens is 431 g/mol. The van der Waals surface area contributed by atoms with E-state index in [1.54, 1.807) is 12.1 Å². The van der Waals surface area contributed by atoms with Crippen LogP contribution in [0.5, 0.6) is 11.5 Å². The first-order valence-electron chi connectivity index (χ1n) is 9.20. The summed E-state index contributed by atoms with van der Waals surface area (Å²) in [5.74, 6) is -0.767. The van der Waals surface area contributed by atoms with Crippen molar-refractivity contribution in [3.63, 3.8) is 0 Å². The molecule has 0 aliphatic carbocycles. The van der Waals surface area contributed by atoms with Crippen LogP contribution in [0.15, 0.2) is 58.6 Å². The van der Waals surface area contributed by atoms with Crippen LogP contribution in [0.25, 0.3) is 0 Å². The van der Waals surface area contributed by atoms with E-state index in [4.69, 9.17) is 4.74 Å². The van der Waals surface area contributed by atoms with E-state index in [1.165, 1.54) is 25.5 Å². The molecule has 1 heterocycles. The number of rotatable bonds is 7. The first kappa shape index (κ1) is 22.6. The van der Waals surface area contributed by atoms with Crippen LogP contribution in [-0.2, 0) is 9.59 Å². The van der Waals surface area contributed by atoms with Crippen molar-refractivity contribution in [2.24, 2.45) is 10.1 Å². The molecular formula is C20H18F3N5O4. The van der Waals surface area contributed by atoms with Gasteiger partial charge in [-0.2, -0.15) is 5.10 Å². The summed E-state index contributed by atoms with van der Waals surface area (Å²) in [6.07, 6.45) is -3.59. The zero-order chi connectivity index (χ0) is 23.1. The average Bonchev–Trinajstić information content (AvgIpc) is 3.07. The molecule has 0 fully saturated rings. The number of nitrogens with zero attached hydrogens (tertiary/aromatic N) is 2. The highest BCUT2D eigenvalue weighted by Gasteiger charge is 2.31. The van der Waals surface area contributed by atoms with Gasteiger partial charge in [-0.3, -0.25) is 14.9 Å². The molecule has 0 aromatic heterocycles. The Bertz CT molecular complexity index is 1040. The van der Waals surface area contributed by atoms with Crippen molar-refractivity contribution in [1.82, 2.24) is 10.7 Å². The maximum atomic E-state index is 12.2. The number of hydrogen-bond acceptors (Lipinski definition) is 7. The monoisotopic (exact) mass is 449 g/mol. The van der Waals surface area contributed by atoms with Crippen LogP contribution < -0.4 is 25.5 Å². The fourth-order valence-electron chi connectivity index (χ4n) is 2.71. The van der Waals surface area contributed by atoms with Gasteiger partial charge in [0.25, 0.3) is 5.91 Å². The highest BCUT2D eigenvalue weighted by molar-refractivity contribution is 6.07. The van der Waals surface area contributed by atoms with Gasteiger partial charge in [0.1, 0.15) is 17.5 Å². The fourth-order valence-corrected chi connectivity index (χ4v) is 2.71. The summed E-state index contributed by atoms with van der Waals surface area (Å²) in [7, 11) is 1.53. The number of guanidine groups is 1. The van der Waals surface area contributed by atoms with Crippen molar-refractivity contribution in [1.29, 1.82) is 0 Å². The molecule has 0 saturated carbocycles. The Balaban J connectivity index is 1.53. The molecule has 1 unspecified atom stereocenters. The molecule has 2 aromatic carbocycles. The zero-order valence-corrected chi connectivity index (χ0v) is 16.6. The summed E-state index contributed by atoms with van der Waals surface area (Å²) in [6.45, 7) is 0. The predicted molar refractivity (Wildman–Crippen MR) is 109 cm³/mol. The molecule has 9 nitrogen and oxygen atoms in total. The lowest BCUT2D eigenvalue weighted by molar-refractivity contribution is -0.274. The van der Waals surface area contributed by atoms with Gasteiger partial charge < -0.3 is 14.8 Å². The SMILES string of the molecule is COc1ccccc1C=NNC1=NC(CC(=O)Nc2ccc(OC(F)(F)F)cc2)C(=O)N1. The Morgan fingerprint density at radius 3 is 2.62 bits per heavy atom. The van der Waals surface area contributed by atoms with Crippen molar-refractivity contribution < 1.29 is 32.2 Å². The Morgan fingerprint density at radius 1 is 1.22 bits per heavy atom. The molecule has 1 aliphatic rings. The number of hydrogen-bond donors (Lipinski definition) is 3. The fraction of sp³-hybridized carbons (Fsp3) is 0.200. The summed E-state index contributed by atoms with van der Waals surface area (Å²) in [5.41, 5.74) is 3.53. The van der Waals surface area contributed by atoms with Gasteiger partial charge in [-0.1, -0.05) is 12.1 Å². The number of amides is 2. The van der Waals surface area contributed by atoms with E-state index < -0.39 is 30.0 Å². The number of nitrogens with one attached hydrogen (secondary N) is 3. The number of anilines is 1. The van der Waals surface area contributed by atoms with Gasteiger partial charge in [0.2, 0.25) is 11.9 Å². The first-order valence-corrected chi connectivity index (χ1v) is 9.20. The molecule has 32 heavy (non-hydrogen) atoms. The Labute approximate surface area is 180 Å². The minimum Gasteiger partial charge on any atom is -0.496 e. The number of halogens is 3. The number of carbonyl (C=O) groups excluding carboxylic acids is 2. The van der Waals surface area contributed by atoms with E-state index in [9.17, 15) is 22.8 Å². The van der Waals surface area contributed by atoms with Gasteiger partial charge in [0.05, 0.1) is 19.7 Å². The summed E-state index contributed by atoms with van der Waals surface area (Å²) in [6, 6.07) is 10.8. The van der Waals surface area contributed by atoms with Gasteiger partial charge in [0, 0.05) is 11.3 Å². The number of ether oxygens (including phenoxy) is 2. The topological polar surface area (TPSA) is 113 Å². The first-order chi connectivity index (χ1) is 15.2. The van der Waals surface area contributed by atoms with Crippen molar-refractivity contribution >= 4 is 29.7 Å². The number of para-hydroxylation sites is 1. The smallest absolute Gasteiger partial charge is 0.496 e. The zero-order valence-electron chi connectivity index (χ0n) is 16.6. The van der Waals surface area contributed by atoms with Crippen LogP contribution in [0.3, 0.4) is 0 Å². The molecule has 168 valence electrons. The van der Waals surface area contributed by atoms with Crippen LogP contribution in [0, 0.1) is 0 Å².